The average Bonchev–Trinajstić information content (AvgIpc) is 3.23. The topological polar surface area (TPSA) is 95.9 Å². The predicted octanol–water partition coefficient (Wildman–Crippen LogP) is 15.3. The third-order valence-electron chi connectivity index (χ3n) is 11.8. The van der Waals surface area contributed by atoms with E-state index in [4.69, 9.17) is 4.74 Å². The molecular formula is C53H99NO5. The molecule has 0 saturated heterocycles. The fraction of sp³-hybridized carbons (Fsp3) is 0.849. The SMILES string of the molecule is CC/C=C/C=C/C=C/CCCCCCCCCC(=O)OC(CCCCCCCCCCCCCCC)CC(=O)NC(CO)C(O)CCCCCCCCCCCCCC. The molecule has 3 unspecified atom stereocenters. The number of hydrogen-bond donors (Lipinski definition) is 3. The number of allylic oxidation sites excluding steroid dienone is 6. The molecule has 0 aromatic rings. The second-order valence-corrected chi connectivity index (χ2v) is 17.6. The van der Waals surface area contributed by atoms with Crippen molar-refractivity contribution in [1.82, 2.24) is 5.32 Å². The molecule has 346 valence electrons. The van der Waals surface area contributed by atoms with E-state index in [1.807, 2.05) is 0 Å². The van der Waals surface area contributed by atoms with Crippen molar-refractivity contribution in [2.24, 2.45) is 0 Å². The van der Waals surface area contributed by atoms with E-state index in [1.54, 1.807) is 0 Å². The van der Waals surface area contributed by atoms with Crippen molar-refractivity contribution in [2.45, 2.75) is 283 Å². The number of ether oxygens (including phenoxy) is 1. The molecule has 0 aliphatic heterocycles. The molecule has 0 saturated carbocycles. The van der Waals surface area contributed by atoms with Gasteiger partial charge in [0, 0.05) is 6.42 Å². The van der Waals surface area contributed by atoms with Gasteiger partial charge in [-0.25, -0.2) is 0 Å². The molecule has 0 aliphatic carbocycles. The van der Waals surface area contributed by atoms with Gasteiger partial charge in [0.2, 0.25) is 5.91 Å². The zero-order valence-electron chi connectivity index (χ0n) is 39.4. The van der Waals surface area contributed by atoms with Crippen LogP contribution in [0.5, 0.6) is 0 Å². The summed E-state index contributed by atoms with van der Waals surface area (Å²) in [5.41, 5.74) is 0. The zero-order chi connectivity index (χ0) is 43.1. The zero-order valence-corrected chi connectivity index (χ0v) is 39.4. The van der Waals surface area contributed by atoms with Gasteiger partial charge in [-0.15, -0.1) is 0 Å². The minimum absolute atomic E-state index is 0.0766. The molecular weight excluding hydrogens is 731 g/mol. The van der Waals surface area contributed by atoms with Crippen LogP contribution in [-0.2, 0) is 14.3 Å². The van der Waals surface area contributed by atoms with Crippen LogP contribution in [-0.4, -0.2) is 46.9 Å². The molecule has 0 radical (unpaired) electrons. The maximum absolute atomic E-state index is 13.2. The number of carbonyl (C=O) groups is 2. The number of hydrogen-bond acceptors (Lipinski definition) is 5. The van der Waals surface area contributed by atoms with Gasteiger partial charge >= 0.3 is 5.97 Å². The van der Waals surface area contributed by atoms with Gasteiger partial charge in [0.1, 0.15) is 6.10 Å². The van der Waals surface area contributed by atoms with Crippen molar-refractivity contribution >= 4 is 11.9 Å². The van der Waals surface area contributed by atoms with Crippen LogP contribution in [0.4, 0.5) is 0 Å². The van der Waals surface area contributed by atoms with Gasteiger partial charge in [0.15, 0.2) is 0 Å². The van der Waals surface area contributed by atoms with Crippen molar-refractivity contribution in [3.8, 4) is 0 Å². The fourth-order valence-electron chi connectivity index (χ4n) is 7.90. The Morgan fingerprint density at radius 1 is 0.508 bits per heavy atom. The molecule has 0 rings (SSSR count). The molecule has 59 heavy (non-hydrogen) atoms. The van der Waals surface area contributed by atoms with Gasteiger partial charge in [-0.1, -0.05) is 243 Å². The van der Waals surface area contributed by atoms with Gasteiger partial charge < -0.3 is 20.3 Å². The van der Waals surface area contributed by atoms with Crippen molar-refractivity contribution in [3.05, 3.63) is 36.5 Å². The number of amides is 1. The van der Waals surface area contributed by atoms with Crippen molar-refractivity contribution in [1.29, 1.82) is 0 Å². The molecule has 0 fully saturated rings. The fourth-order valence-corrected chi connectivity index (χ4v) is 7.90. The quantitative estimate of drug-likeness (QED) is 0.0323. The minimum Gasteiger partial charge on any atom is -0.462 e. The molecule has 0 heterocycles. The van der Waals surface area contributed by atoms with Gasteiger partial charge in [0.25, 0.3) is 0 Å². The van der Waals surface area contributed by atoms with Crippen molar-refractivity contribution in [2.75, 3.05) is 6.61 Å². The first-order valence-corrected chi connectivity index (χ1v) is 25.7. The molecule has 0 bridgehead atoms. The number of aliphatic hydroxyl groups is 2. The van der Waals surface area contributed by atoms with Crippen LogP contribution in [0.2, 0.25) is 0 Å². The number of esters is 1. The van der Waals surface area contributed by atoms with Gasteiger partial charge in [-0.3, -0.25) is 9.59 Å². The summed E-state index contributed by atoms with van der Waals surface area (Å²) >= 11 is 0. The molecule has 0 spiro atoms. The lowest BCUT2D eigenvalue weighted by Gasteiger charge is -2.24. The molecule has 0 aromatic carbocycles. The first kappa shape index (κ1) is 57.1. The minimum atomic E-state index is -0.786. The Morgan fingerprint density at radius 3 is 1.37 bits per heavy atom. The smallest absolute Gasteiger partial charge is 0.306 e. The molecule has 6 nitrogen and oxygen atoms in total. The Balaban J connectivity index is 4.56. The highest BCUT2D eigenvalue weighted by molar-refractivity contribution is 5.77. The van der Waals surface area contributed by atoms with E-state index in [9.17, 15) is 19.8 Å². The normalized spacial score (nSPS) is 13.5. The molecule has 6 heteroatoms. The molecule has 3 N–H and O–H groups in total. The maximum atomic E-state index is 13.2. The van der Waals surface area contributed by atoms with Crippen LogP contribution in [0.25, 0.3) is 0 Å². The van der Waals surface area contributed by atoms with Gasteiger partial charge in [-0.2, -0.15) is 0 Å². The van der Waals surface area contributed by atoms with Crippen LogP contribution in [0, 0.1) is 0 Å². The van der Waals surface area contributed by atoms with Crippen LogP contribution in [0.1, 0.15) is 265 Å². The third-order valence-corrected chi connectivity index (χ3v) is 11.8. The molecule has 0 aliphatic rings. The lowest BCUT2D eigenvalue weighted by Crippen LogP contribution is -2.46. The van der Waals surface area contributed by atoms with E-state index in [-0.39, 0.29) is 24.9 Å². The van der Waals surface area contributed by atoms with Gasteiger partial charge in [-0.05, 0) is 44.9 Å². The van der Waals surface area contributed by atoms with Crippen LogP contribution in [0.15, 0.2) is 36.5 Å². The number of aliphatic hydroxyl groups excluding tert-OH is 2. The largest absolute Gasteiger partial charge is 0.462 e. The second-order valence-electron chi connectivity index (χ2n) is 17.6. The van der Waals surface area contributed by atoms with Gasteiger partial charge in [0.05, 0.1) is 25.2 Å². The van der Waals surface area contributed by atoms with E-state index in [0.29, 0.717) is 19.3 Å². The first-order valence-electron chi connectivity index (χ1n) is 25.7. The summed E-state index contributed by atoms with van der Waals surface area (Å²) < 4.78 is 5.93. The summed E-state index contributed by atoms with van der Waals surface area (Å²) in [7, 11) is 0. The summed E-state index contributed by atoms with van der Waals surface area (Å²) in [5.74, 6) is -0.476. The standard InChI is InChI=1S/C53H99NO5/c1-4-7-10-13-16-19-22-25-26-28-31-34-37-40-43-46-53(58)59-49(44-41-38-35-32-29-27-23-20-17-14-11-8-5-2)47-52(57)54-50(48-55)51(56)45-42-39-36-33-30-24-21-18-15-12-9-6-3/h7,10,13,16,19,22,49-51,55-56H,4-6,8-9,11-12,14-15,17-18,20-21,23-48H2,1-3H3,(H,54,57)/b10-7+,16-13+,22-19+. The predicted molar refractivity (Wildman–Crippen MR) is 255 cm³/mol. The highest BCUT2D eigenvalue weighted by atomic mass is 16.5. The lowest BCUT2D eigenvalue weighted by atomic mass is 10.0. The van der Waals surface area contributed by atoms with E-state index >= 15 is 0 Å². The average molecular weight is 830 g/mol. The summed E-state index contributed by atoms with van der Waals surface area (Å²) in [6.07, 6.45) is 54.8. The maximum Gasteiger partial charge on any atom is 0.306 e. The van der Waals surface area contributed by atoms with E-state index < -0.39 is 18.2 Å². The lowest BCUT2D eigenvalue weighted by molar-refractivity contribution is -0.151. The third kappa shape index (κ3) is 42.6. The van der Waals surface area contributed by atoms with E-state index in [2.05, 4.69) is 62.5 Å². The van der Waals surface area contributed by atoms with Crippen LogP contribution < -0.4 is 5.32 Å². The highest BCUT2D eigenvalue weighted by Crippen LogP contribution is 2.18. The molecule has 0 aromatic heterocycles. The molecule has 1 amide bonds. The monoisotopic (exact) mass is 830 g/mol. The Kier molecular flexibility index (Phi) is 45.6. The Bertz CT molecular complexity index is 977. The number of carbonyl (C=O) groups excluding carboxylic acids is 2. The highest BCUT2D eigenvalue weighted by Gasteiger charge is 2.24. The summed E-state index contributed by atoms with van der Waals surface area (Å²) in [4.78, 5) is 26.1. The van der Waals surface area contributed by atoms with Crippen LogP contribution >= 0.6 is 0 Å². The van der Waals surface area contributed by atoms with E-state index in [1.165, 1.54) is 161 Å². The summed E-state index contributed by atoms with van der Waals surface area (Å²) in [5, 5.41) is 23.8. The number of rotatable bonds is 46. The Morgan fingerprint density at radius 2 is 0.915 bits per heavy atom. The van der Waals surface area contributed by atoms with Crippen molar-refractivity contribution < 1.29 is 24.5 Å². The van der Waals surface area contributed by atoms with Crippen molar-refractivity contribution in [3.63, 3.8) is 0 Å². The molecule has 3 atom stereocenters. The summed E-state index contributed by atoms with van der Waals surface area (Å²) in [6, 6.07) is -0.700. The second kappa shape index (κ2) is 47.1. The Hall–Kier alpha value is -1.92. The van der Waals surface area contributed by atoms with E-state index in [0.717, 1.165) is 57.8 Å². The first-order chi connectivity index (χ1) is 29.0. The number of unbranched alkanes of at least 4 members (excludes halogenated alkanes) is 30. The van der Waals surface area contributed by atoms with Crippen LogP contribution in [0.3, 0.4) is 0 Å². The Labute approximate surface area is 366 Å². The number of nitrogens with one attached hydrogen (secondary N) is 1. The summed E-state index contributed by atoms with van der Waals surface area (Å²) in [6.45, 7) is 6.36.